The van der Waals surface area contributed by atoms with Gasteiger partial charge in [-0.25, -0.2) is 14.5 Å². The normalized spacial score (nSPS) is 16.0. The number of benzene rings is 1. The first-order valence-electron chi connectivity index (χ1n) is 9.92. The molecule has 1 unspecified atom stereocenters. The van der Waals surface area contributed by atoms with Gasteiger partial charge in [-0.1, -0.05) is 41.9 Å². The van der Waals surface area contributed by atoms with E-state index in [1.807, 2.05) is 30.3 Å². The number of ether oxygens (including phenoxy) is 1. The molecule has 9 heteroatoms. The number of pyridine rings is 1. The van der Waals surface area contributed by atoms with Crippen LogP contribution in [0.3, 0.4) is 0 Å². The number of nitrogens with zero attached hydrogens (tertiary/aromatic N) is 5. The minimum Gasteiger partial charge on any atom is -0.445 e. The second kappa shape index (κ2) is 9.06. The van der Waals surface area contributed by atoms with Crippen LogP contribution in [0.15, 0.2) is 48.7 Å². The van der Waals surface area contributed by atoms with Crippen molar-refractivity contribution in [1.29, 1.82) is 5.26 Å². The van der Waals surface area contributed by atoms with Crippen LogP contribution in [-0.2, 0) is 11.3 Å². The van der Waals surface area contributed by atoms with Crippen LogP contribution in [0, 0.1) is 11.3 Å². The van der Waals surface area contributed by atoms with Crippen molar-refractivity contribution >= 4 is 23.5 Å². The van der Waals surface area contributed by atoms with Gasteiger partial charge in [0, 0.05) is 24.8 Å². The number of aromatic nitrogens is 3. The molecule has 1 aliphatic heterocycles. The molecule has 1 atom stereocenters. The molecule has 8 nitrogen and oxygen atoms in total. The largest absolute Gasteiger partial charge is 0.445 e. The maximum atomic E-state index is 12.6. The van der Waals surface area contributed by atoms with Gasteiger partial charge in [0.05, 0.1) is 6.04 Å². The van der Waals surface area contributed by atoms with E-state index in [2.05, 4.69) is 16.2 Å². The number of nitrogens with two attached hydrogens (primary N) is 1. The molecule has 0 saturated carbocycles. The van der Waals surface area contributed by atoms with Crippen molar-refractivity contribution in [2.45, 2.75) is 25.5 Å². The van der Waals surface area contributed by atoms with Crippen molar-refractivity contribution in [3.8, 4) is 17.3 Å². The summed E-state index contributed by atoms with van der Waals surface area (Å²) in [6.07, 6.45) is 2.76. The zero-order valence-corrected chi connectivity index (χ0v) is 17.5. The molecule has 1 aromatic carbocycles. The summed E-state index contributed by atoms with van der Waals surface area (Å²) in [4.78, 5) is 18.3. The lowest BCUT2D eigenvalue weighted by molar-refractivity contribution is 0.0791. The number of amides is 1. The third-order valence-electron chi connectivity index (χ3n) is 5.27. The van der Waals surface area contributed by atoms with Gasteiger partial charge in [-0.2, -0.15) is 10.4 Å². The molecule has 2 N–H and O–H groups in total. The third-order valence-corrected chi connectivity index (χ3v) is 5.49. The van der Waals surface area contributed by atoms with Gasteiger partial charge in [-0.05, 0) is 30.5 Å². The molecule has 0 bridgehead atoms. The van der Waals surface area contributed by atoms with Gasteiger partial charge in [0.15, 0.2) is 0 Å². The predicted octanol–water partition coefficient (Wildman–Crippen LogP) is 4.03. The highest BCUT2D eigenvalue weighted by Gasteiger charge is 2.29. The van der Waals surface area contributed by atoms with E-state index in [1.165, 1.54) is 0 Å². The Labute approximate surface area is 184 Å². The van der Waals surface area contributed by atoms with Gasteiger partial charge in [0.25, 0.3) is 0 Å². The van der Waals surface area contributed by atoms with Crippen molar-refractivity contribution in [2.24, 2.45) is 0 Å². The third kappa shape index (κ3) is 4.47. The summed E-state index contributed by atoms with van der Waals surface area (Å²) in [5.74, 6) is 0.275. The zero-order chi connectivity index (χ0) is 21.8. The summed E-state index contributed by atoms with van der Waals surface area (Å²) in [6, 6.07) is 14.9. The molecule has 2 aromatic heterocycles. The summed E-state index contributed by atoms with van der Waals surface area (Å²) in [5, 5.41) is 14.6. The highest BCUT2D eigenvalue weighted by atomic mass is 35.5. The average Bonchev–Trinajstić information content (AvgIpc) is 3.15. The van der Waals surface area contributed by atoms with Crippen molar-refractivity contribution in [1.82, 2.24) is 19.7 Å². The molecule has 0 radical (unpaired) electrons. The highest BCUT2D eigenvalue weighted by molar-refractivity contribution is 6.29. The van der Waals surface area contributed by atoms with Gasteiger partial charge >= 0.3 is 6.09 Å². The average molecular weight is 437 g/mol. The lowest BCUT2D eigenvalue weighted by Gasteiger charge is -2.32. The van der Waals surface area contributed by atoms with E-state index in [1.54, 1.807) is 27.9 Å². The number of nitriles is 1. The SMILES string of the molecule is N#Cc1c(-c2ccc(Cl)nc2)nn(C2CCCN(C(=O)OCc3ccccc3)C2)c1N. The summed E-state index contributed by atoms with van der Waals surface area (Å²) in [6.45, 7) is 1.23. The van der Waals surface area contributed by atoms with Crippen LogP contribution in [0.1, 0.15) is 30.0 Å². The number of nitrogen functional groups attached to an aromatic ring is 1. The molecule has 158 valence electrons. The molecule has 1 amide bonds. The number of hydrogen-bond donors (Lipinski definition) is 1. The highest BCUT2D eigenvalue weighted by Crippen LogP contribution is 2.31. The summed E-state index contributed by atoms with van der Waals surface area (Å²) < 4.78 is 7.10. The van der Waals surface area contributed by atoms with E-state index >= 15 is 0 Å². The van der Waals surface area contributed by atoms with Gasteiger partial charge < -0.3 is 15.4 Å². The topological polar surface area (TPSA) is 110 Å². The predicted molar refractivity (Wildman–Crippen MR) is 116 cm³/mol. The Balaban J connectivity index is 1.51. The lowest BCUT2D eigenvalue weighted by Crippen LogP contribution is -2.41. The van der Waals surface area contributed by atoms with E-state index in [0.717, 1.165) is 18.4 Å². The van der Waals surface area contributed by atoms with Gasteiger partial charge in [0.1, 0.15) is 34.9 Å². The Morgan fingerprint density at radius 3 is 2.81 bits per heavy atom. The number of halogens is 1. The Hall–Kier alpha value is -3.57. The molecule has 1 fully saturated rings. The second-order valence-corrected chi connectivity index (χ2v) is 7.70. The van der Waals surface area contributed by atoms with Crippen LogP contribution >= 0.6 is 11.6 Å². The Kier molecular flexibility index (Phi) is 6.05. The summed E-state index contributed by atoms with van der Waals surface area (Å²) in [7, 11) is 0. The number of carbonyl (C=O) groups is 1. The lowest BCUT2D eigenvalue weighted by atomic mass is 10.1. The molecule has 0 aliphatic carbocycles. The standard InChI is InChI=1S/C22H21ClN6O2/c23-19-9-8-16(12-26-19)20-18(11-24)21(25)29(27-20)17-7-4-10-28(13-17)22(30)31-14-15-5-2-1-3-6-15/h1-3,5-6,8-9,12,17H,4,7,10,13-14,25H2. The van der Waals surface area contributed by atoms with Gasteiger partial charge in [-0.15, -0.1) is 0 Å². The Morgan fingerprint density at radius 2 is 2.10 bits per heavy atom. The molecule has 4 rings (SSSR count). The minimum absolute atomic E-state index is 0.154. The molecule has 1 saturated heterocycles. The molecule has 1 aliphatic rings. The zero-order valence-electron chi connectivity index (χ0n) is 16.7. The number of piperidine rings is 1. The quantitative estimate of drug-likeness (QED) is 0.618. The van der Waals surface area contributed by atoms with E-state index in [9.17, 15) is 10.1 Å². The van der Waals surface area contributed by atoms with E-state index < -0.39 is 0 Å². The van der Waals surface area contributed by atoms with Crippen molar-refractivity contribution < 1.29 is 9.53 Å². The van der Waals surface area contributed by atoms with E-state index in [-0.39, 0.29) is 30.1 Å². The summed E-state index contributed by atoms with van der Waals surface area (Å²) >= 11 is 5.87. The summed E-state index contributed by atoms with van der Waals surface area (Å²) in [5.41, 5.74) is 8.59. The maximum absolute atomic E-state index is 12.6. The molecular formula is C22H21ClN6O2. The van der Waals surface area contributed by atoms with E-state index in [0.29, 0.717) is 29.5 Å². The fourth-order valence-electron chi connectivity index (χ4n) is 3.68. The minimum atomic E-state index is -0.373. The van der Waals surface area contributed by atoms with Crippen molar-refractivity contribution in [3.05, 3.63) is 64.9 Å². The second-order valence-electron chi connectivity index (χ2n) is 7.32. The number of rotatable bonds is 4. The van der Waals surface area contributed by atoms with Crippen LogP contribution in [-0.4, -0.2) is 38.8 Å². The van der Waals surface area contributed by atoms with E-state index in [4.69, 9.17) is 22.1 Å². The van der Waals surface area contributed by atoms with Crippen LogP contribution in [0.5, 0.6) is 0 Å². The number of carbonyl (C=O) groups excluding carboxylic acids is 1. The Bertz CT molecular complexity index is 1110. The van der Waals surface area contributed by atoms with Gasteiger partial charge in [0.2, 0.25) is 0 Å². The van der Waals surface area contributed by atoms with Crippen LogP contribution in [0.25, 0.3) is 11.3 Å². The fourth-order valence-corrected chi connectivity index (χ4v) is 3.80. The first-order valence-corrected chi connectivity index (χ1v) is 10.3. The van der Waals surface area contributed by atoms with Crippen LogP contribution in [0.4, 0.5) is 10.6 Å². The maximum Gasteiger partial charge on any atom is 0.410 e. The number of likely N-dealkylation sites (tertiary alicyclic amines) is 1. The number of anilines is 1. The molecule has 31 heavy (non-hydrogen) atoms. The molecule has 3 heterocycles. The number of hydrogen-bond acceptors (Lipinski definition) is 6. The first-order chi connectivity index (χ1) is 15.1. The fraction of sp³-hybridized carbons (Fsp3) is 0.273. The molecule has 3 aromatic rings. The van der Waals surface area contributed by atoms with Crippen LogP contribution < -0.4 is 5.73 Å². The molecular weight excluding hydrogens is 416 g/mol. The van der Waals surface area contributed by atoms with Crippen molar-refractivity contribution in [2.75, 3.05) is 18.8 Å². The Morgan fingerprint density at radius 1 is 1.29 bits per heavy atom. The smallest absolute Gasteiger partial charge is 0.410 e. The van der Waals surface area contributed by atoms with Crippen LogP contribution in [0.2, 0.25) is 5.15 Å². The monoisotopic (exact) mass is 436 g/mol. The van der Waals surface area contributed by atoms with Crippen molar-refractivity contribution in [3.63, 3.8) is 0 Å². The van der Waals surface area contributed by atoms with Gasteiger partial charge in [-0.3, -0.25) is 0 Å². The molecule has 0 spiro atoms. The first kappa shape index (κ1) is 20.7.